The Kier molecular flexibility index (Phi) is 5.20. The maximum Gasteiger partial charge on any atom is 0.328 e. The Labute approximate surface area is 139 Å². The lowest BCUT2D eigenvalue weighted by Gasteiger charge is -2.11. The minimum atomic E-state index is -1.000. The number of carboxylic acids is 1. The van der Waals surface area contributed by atoms with Crippen molar-refractivity contribution in [2.45, 2.75) is 6.92 Å². The second kappa shape index (κ2) is 6.91. The monoisotopic (exact) mass is 410 g/mol. The average Bonchev–Trinajstić information content (AvgIpc) is 2.41. The van der Waals surface area contributed by atoms with Gasteiger partial charge in [-0.2, -0.15) is 0 Å². The highest BCUT2D eigenvalue weighted by Gasteiger charge is 2.07. The lowest BCUT2D eigenvalue weighted by Crippen LogP contribution is -1.91. The molecule has 0 radical (unpaired) electrons. The van der Waals surface area contributed by atoms with Gasteiger partial charge >= 0.3 is 5.97 Å². The molecule has 5 heteroatoms. The van der Waals surface area contributed by atoms with Gasteiger partial charge < -0.3 is 9.84 Å². The van der Waals surface area contributed by atoms with Gasteiger partial charge in [0.2, 0.25) is 0 Å². The van der Waals surface area contributed by atoms with E-state index in [0.29, 0.717) is 17.1 Å². The van der Waals surface area contributed by atoms with Crippen LogP contribution in [0.3, 0.4) is 0 Å². The largest absolute Gasteiger partial charge is 0.478 e. The van der Waals surface area contributed by atoms with Crippen LogP contribution in [0.4, 0.5) is 0 Å². The van der Waals surface area contributed by atoms with Crippen molar-refractivity contribution < 1.29 is 14.6 Å². The molecular formula is C16H12Br2O3. The molecule has 0 spiro atoms. The highest BCUT2D eigenvalue weighted by Crippen LogP contribution is 2.34. The predicted octanol–water partition coefficient (Wildman–Crippen LogP) is 5.41. The molecule has 21 heavy (non-hydrogen) atoms. The van der Waals surface area contributed by atoms with Crippen LogP contribution in [0.15, 0.2) is 51.4 Å². The van der Waals surface area contributed by atoms with E-state index in [1.807, 2.05) is 31.2 Å². The van der Waals surface area contributed by atoms with Crippen LogP contribution >= 0.6 is 31.9 Å². The number of aliphatic carboxylic acids is 1. The van der Waals surface area contributed by atoms with Gasteiger partial charge in [0, 0.05) is 16.1 Å². The number of ether oxygens (including phenoxy) is 1. The number of halogens is 2. The number of benzene rings is 2. The minimum absolute atomic E-state index is 0.575. The van der Waals surface area contributed by atoms with Crippen LogP contribution < -0.4 is 4.74 Å². The molecule has 0 bridgehead atoms. The molecule has 2 rings (SSSR count). The summed E-state index contributed by atoms with van der Waals surface area (Å²) in [6.07, 6.45) is 2.59. The van der Waals surface area contributed by atoms with Gasteiger partial charge in [0.25, 0.3) is 0 Å². The number of aryl methyl sites for hydroxylation is 1. The first-order valence-electron chi connectivity index (χ1n) is 6.10. The van der Waals surface area contributed by atoms with Crippen molar-refractivity contribution in [3.8, 4) is 11.5 Å². The lowest BCUT2D eigenvalue weighted by atomic mass is 10.2. The summed E-state index contributed by atoms with van der Waals surface area (Å²) in [5.74, 6) is 0.246. The highest BCUT2D eigenvalue weighted by atomic mass is 79.9. The predicted molar refractivity (Wildman–Crippen MR) is 89.8 cm³/mol. The van der Waals surface area contributed by atoms with E-state index in [9.17, 15) is 4.79 Å². The van der Waals surface area contributed by atoms with Gasteiger partial charge in [-0.25, -0.2) is 4.79 Å². The summed E-state index contributed by atoms with van der Waals surface area (Å²) in [6, 6.07) is 11.2. The van der Waals surface area contributed by atoms with Crippen LogP contribution in [0.25, 0.3) is 6.08 Å². The quantitative estimate of drug-likeness (QED) is 0.684. The van der Waals surface area contributed by atoms with Crippen molar-refractivity contribution in [2.75, 3.05) is 0 Å². The summed E-state index contributed by atoms with van der Waals surface area (Å²) < 4.78 is 7.59. The van der Waals surface area contributed by atoms with Crippen molar-refractivity contribution in [3.63, 3.8) is 0 Å². The van der Waals surface area contributed by atoms with Crippen molar-refractivity contribution in [1.82, 2.24) is 0 Å². The van der Waals surface area contributed by atoms with Crippen LogP contribution in [0.1, 0.15) is 11.1 Å². The van der Waals surface area contributed by atoms with Crippen LogP contribution in [-0.2, 0) is 4.79 Å². The molecule has 2 aromatic carbocycles. The minimum Gasteiger partial charge on any atom is -0.478 e. The van der Waals surface area contributed by atoms with Gasteiger partial charge in [0.15, 0.2) is 0 Å². The number of hydrogen-bond acceptors (Lipinski definition) is 2. The van der Waals surface area contributed by atoms with E-state index in [0.717, 1.165) is 20.6 Å². The Morgan fingerprint density at radius 2 is 1.90 bits per heavy atom. The van der Waals surface area contributed by atoms with Crippen LogP contribution in [-0.4, -0.2) is 11.1 Å². The van der Waals surface area contributed by atoms with E-state index in [-0.39, 0.29) is 0 Å². The third-order valence-corrected chi connectivity index (χ3v) is 3.80. The van der Waals surface area contributed by atoms with Crippen LogP contribution in [0.5, 0.6) is 11.5 Å². The van der Waals surface area contributed by atoms with Crippen LogP contribution in [0.2, 0.25) is 0 Å². The first kappa shape index (κ1) is 15.8. The van der Waals surface area contributed by atoms with Crippen molar-refractivity contribution >= 4 is 43.9 Å². The molecule has 0 saturated carbocycles. The first-order chi connectivity index (χ1) is 9.95. The van der Waals surface area contributed by atoms with E-state index in [4.69, 9.17) is 9.84 Å². The normalized spacial score (nSPS) is 10.8. The number of rotatable bonds is 4. The molecule has 0 aliphatic rings. The lowest BCUT2D eigenvalue weighted by molar-refractivity contribution is -0.131. The standard InChI is InChI=1S/C16H12Br2O3/c1-10-2-6-14(13(18)8-10)21-15-9-12(17)5-3-11(15)4-7-16(19)20/h2-9H,1H3,(H,19,20)/b7-4+. The Bertz CT molecular complexity index is 709. The third kappa shape index (κ3) is 4.44. The Hall–Kier alpha value is -1.59. The topological polar surface area (TPSA) is 46.5 Å². The molecule has 0 fully saturated rings. The second-order valence-corrected chi connectivity index (χ2v) is 6.16. The Morgan fingerprint density at radius 3 is 2.57 bits per heavy atom. The summed E-state index contributed by atoms with van der Waals surface area (Å²) in [7, 11) is 0. The van der Waals surface area contributed by atoms with Crippen molar-refractivity contribution in [1.29, 1.82) is 0 Å². The smallest absolute Gasteiger partial charge is 0.328 e. The van der Waals surface area contributed by atoms with E-state index < -0.39 is 5.97 Å². The van der Waals surface area contributed by atoms with E-state index in [2.05, 4.69) is 31.9 Å². The van der Waals surface area contributed by atoms with E-state index >= 15 is 0 Å². The summed E-state index contributed by atoms with van der Waals surface area (Å²) >= 11 is 6.85. The van der Waals surface area contributed by atoms with E-state index in [1.54, 1.807) is 12.1 Å². The fourth-order valence-electron chi connectivity index (χ4n) is 1.70. The molecule has 0 heterocycles. The molecule has 0 aromatic heterocycles. The zero-order valence-corrected chi connectivity index (χ0v) is 14.3. The Morgan fingerprint density at radius 1 is 1.14 bits per heavy atom. The van der Waals surface area contributed by atoms with Gasteiger partial charge in [-0.3, -0.25) is 0 Å². The van der Waals surface area contributed by atoms with Crippen molar-refractivity contribution in [2.24, 2.45) is 0 Å². The number of hydrogen-bond donors (Lipinski definition) is 1. The molecule has 1 N–H and O–H groups in total. The number of carboxylic acid groups (broad SMARTS) is 1. The van der Waals surface area contributed by atoms with Gasteiger partial charge in [0.05, 0.1) is 4.47 Å². The SMILES string of the molecule is Cc1ccc(Oc2cc(Br)ccc2/C=C/C(=O)O)c(Br)c1. The van der Waals surface area contributed by atoms with Gasteiger partial charge in [-0.1, -0.05) is 28.1 Å². The highest BCUT2D eigenvalue weighted by molar-refractivity contribution is 9.10. The molecule has 108 valence electrons. The number of carbonyl (C=O) groups is 1. The summed E-state index contributed by atoms with van der Waals surface area (Å²) in [5.41, 5.74) is 1.81. The maximum absolute atomic E-state index is 10.7. The molecule has 3 nitrogen and oxygen atoms in total. The van der Waals surface area contributed by atoms with Crippen molar-refractivity contribution in [3.05, 3.63) is 62.5 Å². The average molecular weight is 412 g/mol. The zero-order valence-electron chi connectivity index (χ0n) is 11.1. The molecule has 0 aliphatic heterocycles. The van der Waals surface area contributed by atoms with Gasteiger partial charge in [-0.15, -0.1) is 0 Å². The van der Waals surface area contributed by atoms with Crippen LogP contribution in [0, 0.1) is 6.92 Å². The molecular weight excluding hydrogens is 400 g/mol. The summed E-state index contributed by atoms with van der Waals surface area (Å²) in [4.78, 5) is 10.7. The van der Waals surface area contributed by atoms with Gasteiger partial charge in [0.1, 0.15) is 11.5 Å². The zero-order chi connectivity index (χ0) is 15.4. The molecule has 0 aliphatic carbocycles. The summed E-state index contributed by atoms with van der Waals surface area (Å²) in [6.45, 7) is 1.99. The second-order valence-electron chi connectivity index (χ2n) is 4.39. The summed E-state index contributed by atoms with van der Waals surface area (Å²) in [5, 5.41) is 8.74. The van der Waals surface area contributed by atoms with Gasteiger partial charge in [-0.05, 0) is 58.8 Å². The third-order valence-electron chi connectivity index (χ3n) is 2.69. The fraction of sp³-hybridized carbons (Fsp3) is 0.0625. The molecule has 0 atom stereocenters. The molecule has 0 amide bonds. The molecule has 0 saturated heterocycles. The first-order valence-corrected chi connectivity index (χ1v) is 7.69. The molecule has 0 unspecified atom stereocenters. The molecule has 2 aromatic rings. The Balaban J connectivity index is 2.38. The fourth-order valence-corrected chi connectivity index (χ4v) is 2.62. The van der Waals surface area contributed by atoms with E-state index in [1.165, 1.54) is 6.08 Å². The maximum atomic E-state index is 10.7.